The summed E-state index contributed by atoms with van der Waals surface area (Å²) in [5.41, 5.74) is 2.12. The molecular weight excluding hydrogens is 328 g/mol. The lowest BCUT2D eigenvalue weighted by atomic mass is 9.97. The molecular formula is C21H26N2OS. The summed E-state index contributed by atoms with van der Waals surface area (Å²) in [7, 11) is 1.98. The van der Waals surface area contributed by atoms with Crippen molar-refractivity contribution in [2.45, 2.75) is 23.5 Å². The molecule has 1 unspecified atom stereocenters. The molecule has 1 atom stereocenters. The molecule has 1 N–H and O–H groups in total. The number of likely N-dealkylation sites (tertiary alicyclic amines) is 1. The predicted molar refractivity (Wildman–Crippen MR) is 105 cm³/mol. The number of thioether (sulfide) groups is 1. The van der Waals surface area contributed by atoms with Gasteiger partial charge in [-0.15, -0.1) is 11.8 Å². The average molecular weight is 355 g/mol. The second kappa shape index (κ2) is 9.07. The van der Waals surface area contributed by atoms with Gasteiger partial charge in [0.1, 0.15) is 0 Å². The number of nitrogens with one attached hydrogen (secondary N) is 1. The molecule has 1 aliphatic rings. The van der Waals surface area contributed by atoms with Crippen molar-refractivity contribution >= 4 is 17.7 Å². The van der Waals surface area contributed by atoms with E-state index in [1.54, 1.807) is 11.8 Å². The van der Waals surface area contributed by atoms with Gasteiger partial charge in [-0.05, 0) is 62.2 Å². The van der Waals surface area contributed by atoms with E-state index >= 15 is 0 Å². The Morgan fingerprint density at radius 2 is 1.92 bits per heavy atom. The number of carbonyl (C=O) groups excluding carboxylic acids is 1. The topological polar surface area (TPSA) is 32.3 Å². The molecule has 1 amide bonds. The molecule has 132 valence electrons. The quantitative estimate of drug-likeness (QED) is 0.794. The van der Waals surface area contributed by atoms with Gasteiger partial charge in [-0.2, -0.15) is 0 Å². The van der Waals surface area contributed by atoms with E-state index < -0.39 is 0 Å². The van der Waals surface area contributed by atoms with Gasteiger partial charge in [0.15, 0.2) is 0 Å². The van der Waals surface area contributed by atoms with Crippen LogP contribution < -0.4 is 5.32 Å². The van der Waals surface area contributed by atoms with Gasteiger partial charge in [-0.1, -0.05) is 30.3 Å². The molecule has 1 aliphatic heterocycles. The van der Waals surface area contributed by atoms with Crippen LogP contribution in [0.2, 0.25) is 0 Å². The SMILES string of the molecule is CNCC1CCCN(C(=O)c2ccc(SCc3ccccc3)cc2)C1. The minimum Gasteiger partial charge on any atom is -0.338 e. The summed E-state index contributed by atoms with van der Waals surface area (Å²) in [4.78, 5) is 16.0. The van der Waals surface area contributed by atoms with Crippen molar-refractivity contribution < 1.29 is 4.79 Å². The molecule has 2 aromatic rings. The highest BCUT2D eigenvalue weighted by molar-refractivity contribution is 7.98. The van der Waals surface area contributed by atoms with Crippen molar-refractivity contribution in [3.8, 4) is 0 Å². The van der Waals surface area contributed by atoms with Crippen LogP contribution in [0.3, 0.4) is 0 Å². The Kier molecular flexibility index (Phi) is 6.54. The Labute approximate surface area is 154 Å². The molecule has 1 fully saturated rings. The van der Waals surface area contributed by atoms with E-state index in [9.17, 15) is 4.79 Å². The highest BCUT2D eigenvalue weighted by atomic mass is 32.2. The third-order valence-corrected chi connectivity index (χ3v) is 5.73. The van der Waals surface area contributed by atoms with E-state index in [0.717, 1.165) is 37.4 Å². The van der Waals surface area contributed by atoms with Gasteiger partial charge < -0.3 is 10.2 Å². The number of nitrogens with zero attached hydrogens (tertiary/aromatic N) is 1. The standard InChI is InChI=1S/C21H26N2OS/c1-22-14-18-8-5-13-23(15-18)21(24)19-9-11-20(12-10-19)25-16-17-6-3-2-4-7-17/h2-4,6-7,9-12,18,22H,5,8,13-16H2,1H3. The van der Waals surface area contributed by atoms with Crippen LogP contribution in [0.15, 0.2) is 59.5 Å². The Hall–Kier alpha value is -1.78. The van der Waals surface area contributed by atoms with Crippen LogP contribution in [0, 0.1) is 5.92 Å². The predicted octanol–water partition coefficient (Wildman–Crippen LogP) is 4.05. The monoisotopic (exact) mass is 354 g/mol. The first kappa shape index (κ1) is 18.0. The molecule has 0 radical (unpaired) electrons. The van der Waals surface area contributed by atoms with E-state index in [2.05, 4.69) is 41.7 Å². The largest absolute Gasteiger partial charge is 0.338 e. The zero-order chi connectivity index (χ0) is 17.5. The summed E-state index contributed by atoms with van der Waals surface area (Å²) >= 11 is 1.80. The second-order valence-electron chi connectivity index (χ2n) is 6.62. The van der Waals surface area contributed by atoms with E-state index in [1.807, 2.05) is 30.1 Å². The normalized spacial score (nSPS) is 17.5. The van der Waals surface area contributed by atoms with Gasteiger partial charge >= 0.3 is 0 Å². The summed E-state index contributed by atoms with van der Waals surface area (Å²) in [6.07, 6.45) is 2.31. The third kappa shape index (κ3) is 5.10. The van der Waals surface area contributed by atoms with Crippen molar-refractivity contribution in [1.82, 2.24) is 10.2 Å². The zero-order valence-electron chi connectivity index (χ0n) is 14.8. The molecule has 1 heterocycles. The molecule has 0 bridgehead atoms. The van der Waals surface area contributed by atoms with Crippen LogP contribution in [-0.4, -0.2) is 37.5 Å². The minimum atomic E-state index is 0.167. The van der Waals surface area contributed by atoms with Gasteiger partial charge in [0.25, 0.3) is 5.91 Å². The lowest BCUT2D eigenvalue weighted by Gasteiger charge is -2.32. The van der Waals surface area contributed by atoms with Crippen molar-refractivity contribution in [3.05, 3.63) is 65.7 Å². The van der Waals surface area contributed by atoms with Gasteiger partial charge in [0, 0.05) is 29.3 Å². The van der Waals surface area contributed by atoms with Crippen LogP contribution >= 0.6 is 11.8 Å². The Balaban J connectivity index is 1.57. The molecule has 1 saturated heterocycles. The zero-order valence-corrected chi connectivity index (χ0v) is 15.6. The minimum absolute atomic E-state index is 0.167. The van der Waals surface area contributed by atoms with Crippen LogP contribution in [0.4, 0.5) is 0 Å². The summed E-state index contributed by atoms with van der Waals surface area (Å²) < 4.78 is 0. The molecule has 2 aromatic carbocycles. The van der Waals surface area contributed by atoms with Gasteiger partial charge in [0.2, 0.25) is 0 Å². The van der Waals surface area contributed by atoms with Crippen LogP contribution in [-0.2, 0) is 5.75 Å². The summed E-state index contributed by atoms with van der Waals surface area (Å²) in [6, 6.07) is 18.5. The third-order valence-electron chi connectivity index (χ3n) is 4.65. The van der Waals surface area contributed by atoms with Crippen LogP contribution in [0.5, 0.6) is 0 Å². The fraction of sp³-hybridized carbons (Fsp3) is 0.381. The maximum Gasteiger partial charge on any atom is 0.253 e. The van der Waals surface area contributed by atoms with Crippen molar-refractivity contribution in [2.75, 3.05) is 26.7 Å². The lowest BCUT2D eigenvalue weighted by Crippen LogP contribution is -2.42. The maximum absolute atomic E-state index is 12.7. The molecule has 0 saturated carbocycles. The molecule has 3 rings (SSSR count). The Morgan fingerprint density at radius 1 is 1.16 bits per heavy atom. The molecule has 25 heavy (non-hydrogen) atoms. The number of benzene rings is 2. The van der Waals surface area contributed by atoms with E-state index in [1.165, 1.54) is 16.9 Å². The summed E-state index contributed by atoms with van der Waals surface area (Å²) in [6.45, 7) is 2.73. The first-order chi connectivity index (χ1) is 12.3. The first-order valence-electron chi connectivity index (χ1n) is 8.97. The van der Waals surface area contributed by atoms with Crippen LogP contribution in [0.1, 0.15) is 28.8 Å². The van der Waals surface area contributed by atoms with Crippen molar-refractivity contribution in [1.29, 1.82) is 0 Å². The van der Waals surface area contributed by atoms with E-state index in [4.69, 9.17) is 0 Å². The molecule has 3 nitrogen and oxygen atoms in total. The number of piperidine rings is 1. The number of hydrogen-bond donors (Lipinski definition) is 1. The van der Waals surface area contributed by atoms with Crippen molar-refractivity contribution in [3.63, 3.8) is 0 Å². The molecule has 0 spiro atoms. The number of carbonyl (C=O) groups is 1. The maximum atomic E-state index is 12.7. The smallest absolute Gasteiger partial charge is 0.253 e. The number of rotatable bonds is 6. The highest BCUT2D eigenvalue weighted by Gasteiger charge is 2.23. The van der Waals surface area contributed by atoms with E-state index in [-0.39, 0.29) is 5.91 Å². The number of hydrogen-bond acceptors (Lipinski definition) is 3. The fourth-order valence-corrected chi connectivity index (χ4v) is 4.18. The average Bonchev–Trinajstić information content (AvgIpc) is 2.67. The first-order valence-corrected chi connectivity index (χ1v) is 9.95. The molecule has 0 aromatic heterocycles. The summed E-state index contributed by atoms with van der Waals surface area (Å²) in [5.74, 6) is 1.69. The fourth-order valence-electron chi connectivity index (χ4n) is 3.32. The van der Waals surface area contributed by atoms with Gasteiger partial charge in [-0.3, -0.25) is 4.79 Å². The molecule has 4 heteroatoms. The highest BCUT2D eigenvalue weighted by Crippen LogP contribution is 2.24. The molecule has 0 aliphatic carbocycles. The Bertz CT molecular complexity index is 670. The Morgan fingerprint density at radius 3 is 2.64 bits per heavy atom. The van der Waals surface area contributed by atoms with Crippen molar-refractivity contribution in [2.24, 2.45) is 5.92 Å². The summed E-state index contributed by atoms with van der Waals surface area (Å²) in [5, 5.41) is 3.23. The van der Waals surface area contributed by atoms with Crippen LogP contribution in [0.25, 0.3) is 0 Å². The van der Waals surface area contributed by atoms with Gasteiger partial charge in [-0.25, -0.2) is 0 Å². The van der Waals surface area contributed by atoms with E-state index in [0.29, 0.717) is 5.92 Å². The second-order valence-corrected chi connectivity index (χ2v) is 7.66. The number of amides is 1. The lowest BCUT2D eigenvalue weighted by molar-refractivity contribution is 0.0674. The van der Waals surface area contributed by atoms with Gasteiger partial charge in [0.05, 0.1) is 0 Å².